The van der Waals surface area contributed by atoms with E-state index in [1.54, 1.807) is 0 Å². The molecule has 1 aromatic carbocycles. The second kappa shape index (κ2) is 7.19. The van der Waals surface area contributed by atoms with Crippen LogP contribution in [0, 0.1) is 11.8 Å². The van der Waals surface area contributed by atoms with Crippen molar-refractivity contribution in [2.45, 2.75) is 6.73 Å². The van der Waals surface area contributed by atoms with E-state index in [1.165, 1.54) is 4.68 Å². The number of aliphatic hydroxyl groups is 1. The first-order valence-electron chi connectivity index (χ1n) is 6.21. The lowest BCUT2D eigenvalue weighted by atomic mass is 10.2. The fraction of sp³-hybridized carbons (Fsp3) is 0.214. The molecular formula is C14H14N4O3. The Morgan fingerprint density at radius 1 is 1.33 bits per heavy atom. The molecule has 1 heterocycles. The van der Waals surface area contributed by atoms with E-state index in [2.05, 4.69) is 21.9 Å². The molecule has 0 atom stereocenters. The Labute approximate surface area is 121 Å². The number of carbonyl (C=O) groups is 1. The molecular weight excluding hydrogens is 272 g/mol. The van der Waals surface area contributed by atoms with Gasteiger partial charge in [-0.15, -0.1) is 5.10 Å². The third kappa shape index (κ3) is 4.14. The summed E-state index contributed by atoms with van der Waals surface area (Å²) in [5, 5.41) is 12.7. The lowest BCUT2D eigenvalue weighted by Crippen LogP contribution is -2.20. The molecule has 0 saturated carbocycles. The maximum atomic E-state index is 11.3. The van der Waals surface area contributed by atoms with E-state index in [0.717, 1.165) is 5.56 Å². The van der Waals surface area contributed by atoms with E-state index < -0.39 is 5.91 Å². The van der Waals surface area contributed by atoms with E-state index in [-0.39, 0.29) is 31.6 Å². The molecule has 0 aliphatic heterocycles. The maximum Gasteiger partial charge on any atom is 0.286 e. The van der Waals surface area contributed by atoms with Crippen molar-refractivity contribution in [2.24, 2.45) is 5.73 Å². The Kier molecular flexibility index (Phi) is 5.04. The minimum atomic E-state index is -0.720. The number of aromatic nitrogens is 3. The standard InChI is InChI=1S/C14H14N4O3/c15-13(20)14-16-12(17-18(14)10-21-9-8-19)7-6-11-4-2-1-3-5-11/h1-5,19H,8-10H2,(H2,15,20). The van der Waals surface area contributed by atoms with Gasteiger partial charge in [-0.2, -0.15) is 4.98 Å². The van der Waals surface area contributed by atoms with Crippen molar-refractivity contribution < 1.29 is 14.6 Å². The molecule has 0 spiro atoms. The molecule has 7 nitrogen and oxygen atoms in total. The van der Waals surface area contributed by atoms with Crippen molar-refractivity contribution >= 4 is 5.91 Å². The number of aliphatic hydroxyl groups excluding tert-OH is 1. The summed E-state index contributed by atoms with van der Waals surface area (Å²) in [6.07, 6.45) is 0. The summed E-state index contributed by atoms with van der Waals surface area (Å²) >= 11 is 0. The summed E-state index contributed by atoms with van der Waals surface area (Å²) in [6.45, 7) is -0.0246. The number of nitrogens with two attached hydrogens (primary N) is 1. The van der Waals surface area contributed by atoms with Gasteiger partial charge in [0.05, 0.1) is 13.2 Å². The number of primary amides is 1. The van der Waals surface area contributed by atoms with Crippen LogP contribution in [-0.2, 0) is 11.5 Å². The first kappa shape index (κ1) is 14.7. The summed E-state index contributed by atoms with van der Waals surface area (Å²) in [4.78, 5) is 15.3. The maximum absolute atomic E-state index is 11.3. The normalized spacial score (nSPS) is 9.95. The minimum absolute atomic E-state index is 0.0289. The van der Waals surface area contributed by atoms with Crippen LogP contribution in [-0.4, -0.2) is 39.0 Å². The number of amides is 1. The number of rotatable bonds is 5. The molecule has 2 aromatic rings. The highest BCUT2D eigenvalue weighted by Gasteiger charge is 2.13. The van der Waals surface area contributed by atoms with Crippen LogP contribution in [0.4, 0.5) is 0 Å². The molecule has 0 aliphatic rings. The zero-order valence-corrected chi connectivity index (χ0v) is 11.2. The Bertz CT molecular complexity index is 671. The predicted octanol–water partition coefficient (Wildman–Crippen LogP) is -0.257. The van der Waals surface area contributed by atoms with Crippen molar-refractivity contribution in [3.63, 3.8) is 0 Å². The van der Waals surface area contributed by atoms with Gasteiger partial charge in [-0.1, -0.05) is 24.1 Å². The highest BCUT2D eigenvalue weighted by Crippen LogP contribution is 2.00. The summed E-state index contributed by atoms with van der Waals surface area (Å²) in [6, 6.07) is 9.33. The molecule has 108 valence electrons. The topological polar surface area (TPSA) is 103 Å². The average Bonchev–Trinajstić information content (AvgIpc) is 2.90. The van der Waals surface area contributed by atoms with Crippen LogP contribution in [0.3, 0.4) is 0 Å². The van der Waals surface area contributed by atoms with E-state index in [1.807, 2.05) is 30.3 Å². The molecule has 1 amide bonds. The molecule has 0 radical (unpaired) electrons. The van der Waals surface area contributed by atoms with Crippen LogP contribution in [0.25, 0.3) is 0 Å². The minimum Gasteiger partial charge on any atom is -0.394 e. The lowest BCUT2D eigenvalue weighted by molar-refractivity contribution is 0.0398. The first-order valence-corrected chi connectivity index (χ1v) is 6.21. The second-order valence-electron chi connectivity index (χ2n) is 4.00. The molecule has 0 bridgehead atoms. The monoisotopic (exact) mass is 286 g/mol. The highest BCUT2D eigenvalue weighted by molar-refractivity contribution is 5.89. The van der Waals surface area contributed by atoms with E-state index >= 15 is 0 Å². The van der Waals surface area contributed by atoms with Gasteiger partial charge in [0.2, 0.25) is 11.6 Å². The van der Waals surface area contributed by atoms with Crippen LogP contribution in [0.1, 0.15) is 22.0 Å². The van der Waals surface area contributed by atoms with Crippen LogP contribution in [0.15, 0.2) is 30.3 Å². The highest BCUT2D eigenvalue weighted by atomic mass is 16.5. The molecule has 7 heteroatoms. The average molecular weight is 286 g/mol. The van der Waals surface area contributed by atoms with Crippen molar-refractivity contribution in [3.8, 4) is 11.8 Å². The van der Waals surface area contributed by atoms with Crippen LogP contribution < -0.4 is 5.73 Å². The number of hydrogen-bond acceptors (Lipinski definition) is 5. The summed E-state index contributed by atoms with van der Waals surface area (Å²) < 4.78 is 6.31. The largest absolute Gasteiger partial charge is 0.394 e. The quantitative estimate of drug-likeness (QED) is 0.582. The smallest absolute Gasteiger partial charge is 0.286 e. The number of benzene rings is 1. The molecule has 2 rings (SSSR count). The van der Waals surface area contributed by atoms with Gasteiger partial charge in [0.25, 0.3) is 5.91 Å². The predicted molar refractivity (Wildman–Crippen MR) is 74.0 cm³/mol. The van der Waals surface area contributed by atoms with E-state index in [0.29, 0.717) is 0 Å². The van der Waals surface area contributed by atoms with E-state index in [4.69, 9.17) is 15.6 Å². The van der Waals surface area contributed by atoms with Gasteiger partial charge >= 0.3 is 0 Å². The van der Waals surface area contributed by atoms with Gasteiger partial charge in [-0.3, -0.25) is 4.79 Å². The Morgan fingerprint density at radius 2 is 2.10 bits per heavy atom. The molecule has 0 fully saturated rings. The molecule has 0 saturated heterocycles. The first-order chi connectivity index (χ1) is 10.2. The Hall–Kier alpha value is -2.69. The summed E-state index contributed by atoms with van der Waals surface area (Å²) in [5.41, 5.74) is 6.04. The third-order valence-electron chi connectivity index (χ3n) is 2.43. The van der Waals surface area contributed by atoms with Crippen molar-refractivity contribution in [1.29, 1.82) is 0 Å². The second-order valence-corrected chi connectivity index (χ2v) is 4.00. The molecule has 0 unspecified atom stereocenters. The number of nitrogens with zero attached hydrogens (tertiary/aromatic N) is 3. The van der Waals surface area contributed by atoms with Gasteiger partial charge in [-0.25, -0.2) is 4.68 Å². The zero-order valence-electron chi connectivity index (χ0n) is 11.2. The number of carbonyl (C=O) groups excluding carboxylic acids is 1. The number of ether oxygens (including phenoxy) is 1. The summed E-state index contributed by atoms with van der Waals surface area (Å²) in [7, 11) is 0. The fourth-order valence-electron chi connectivity index (χ4n) is 1.53. The van der Waals surface area contributed by atoms with Gasteiger partial charge < -0.3 is 15.6 Å². The van der Waals surface area contributed by atoms with Crippen molar-refractivity contribution in [1.82, 2.24) is 14.8 Å². The van der Waals surface area contributed by atoms with E-state index in [9.17, 15) is 4.79 Å². The van der Waals surface area contributed by atoms with Crippen LogP contribution in [0.2, 0.25) is 0 Å². The Morgan fingerprint density at radius 3 is 2.76 bits per heavy atom. The fourth-order valence-corrected chi connectivity index (χ4v) is 1.53. The third-order valence-corrected chi connectivity index (χ3v) is 2.43. The van der Waals surface area contributed by atoms with Crippen LogP contribution in [0.5, 0.6) is 0 Å². The molecule has 1 aromatic heterocycles. The SMILES string of the molecule is NC(=O)c1nc(C#Cc2ccccc2)nn1COCCO. The van der Waals surface area contributed by atoms with Crippen molar-refractivity contribution in [3.05, 3.63) is 47.5 Å². The molecule has 21 heavy (non-hydrogen) atoms. The number of hydrogen-bond donors (Lipinski definition) is 2. The summed E-state index contributed by atoms with van der Waals surface area (Å²) in [5.74, 6) is 5.07. The molecule has 3 N–H and O–H groups in total. The van der Waals surface area contributed by atoms with Crippen molar-refractivity contribution in [2.75, 3.05) is 13.2 Å². The van der Waals surface area contributed by atoms with Crippen LogP contribution >= 0.6 is 0 Å². The van der Waals surface area contributed by atoms with Gasteiger partial charge in [0, 0.05) is 5.56 Å². The molecule has 0 aliphatic carbocycles. The van der Waals surface area contributed by atoms with Gasteiger partial charge in [0.1, 0.15) is 6.73 Å². The Balaban J connectivity index is 2.19. The zero-order chi connectivity index (χ0) is 15.1. The van der Waals surface area contributed by atoms with Gasteiger partial charge in [0.15, 0.2) is 0 Å². The lowest BCUT2D eigenvalue weighted by Gasteiger charge is -2.03. The van der Waals surface area contributed by atoms with Gasteiger partial charge in [-0.05, 0) is 18.1 Å².